The number of piperazine rings is 1. The van der Waals surface area contributed by atoms with Crippen LogP contribution in [0.4, 0.5) is 5.69 Å². The van der Waals surface area contributed by atoms with E-state index in [4.69, 9.17) is 5.84 Å². The van der Waals surface area contributed by atoms with Crippen molar-refractivity contribution in [1.29, 1.82) is 0 Å². The van der Waals surface area contributed by atoms with Crippen molar-refractivity contribution in [1.82, 2.24) is 9.62 Å². The second-order valence-corrected chi connectivity index (χ2v) is 6.65. The summed E-state index contributed by atoms with van der Waals surface area (Å²) in [4.78, 5) is 11.6. The van der Waals surface area contributed by atoms with Gasteiger partial charge in [0.1, 0.15) is 0 Å². The number of anilines is 1. The Kier molecular flexibility index (Phi) is 3.98. The molecule has 0 spiro atoms. The van der Waals surface area contributed by atoms with Gasteiger partial charge in [-0.15, -0.1) is 0 Å². The summed E-state index contributed by atoms with van der Waals surface area (Å²) in [5.41, 5.74) is 4.35. The van der Waals surface area contributed by atoms with Crippen LogP contribution in [0.2, 0.25) is 0 Å². The molecule has 0 atom stereocenters. The second-order valence-electron chi connectivity index (χ2n) is 4.77. The molecule has 1 fully saturated rings. The van der Waals surface area contributed by atoms with Crippen molar-refractivity contribution in [2.45, 2.75) is 18.7 Å². The van der Waals surface area contributed by atoms with Crippen molar-refractivity contribution < 1.29 is 13.2 Å². The van der Waals surface area contributed by atoms with Crippen LogP contribution in [0.5, 0.6) is 0 Å². The molecule has 2 rings (SSSR count). The fourth-order valence-electron chi connectivity index (χ4n) is 2.39. The van der Waals surface area contributed by atoms with Gasteiger partial charge in [-0.25, -0.2) is 8.42 Å². The Morgan fingerprint density at radius 1 is 1.30 bits per heavy atom. The van der Waals surface area contributed by atoms with Crippen LogP contribution >= 0.6 is 0 Å². The van der Waals surface area contributed by atoms with Crippen LogP contribution in [-0.4, -0.2) is 38.3 Å². The van der Waals surface area contributed by atoms with E-state index < -0.39 is 10.0 Å². The van der Waals surface area contributed by atoms with Gasteiger partial charge in [0.05, 0.1) is 11.4 Å². The van der Waals surface area contributed by atoms with E-state index in [1.807, 2.05) is 0 Å². The third-order valence-corrected chi connectivity index (χ3v) is 5.38. The fourth-order valence-corrected chi connectivity index (χ4v) is 4.20. The zero-order valence-electron chi connectivity index (χ0n) is 11.4. The van der Waals surface area contributed by atoms with Gasteiger partial charge < -0.3 is 10.7 Å². The minimum absolute atomic E-state index is 0.141. The normalized spacial score (nSPS) is 16.9. The van der Waals surface area contributed by atoms with Crippen LogP contribution in [-0.2, 0) is 14.8 Å². The first-order valence-electron chi connectivity index (χ1n) is 6.21. The number of hydrazine groups is 1. The Morgan fingerprint density at radius 3 is 2.40 bits per heavy atom. The topological polar surface area (TPSA) is 105 Å². The summed E-state index contributed by atoms with van der Waals surface area (Å²) in [6.07, 6.45) is 0. The number of nitrogens with one attached hydrogen (secondary N) is 2. The summed E-state index contributed by atoms with van der Waals surface area (Å²) >= 11 is 0. The van der Waals surface area contributed by atoms with Crippen LogP contribution in [0.3, 0.4) is 0 Å². The van der Waals surface area contributed by atoms with Crippen LogP contribution < -0.4 is 16.6 Å². The number of aryl methyl sites for hydroxylation is 2. The third-order valence-electron chi connectivity index (χ3n) is 3.23. The quantitative estimate of drug-likeness (QED) is 0.525. The zero-order valence-corrected chi connectivity index (χ0v) is 12.3. The summed E-state index contributed by atoms with van der Waals surface area (Å²) in [6, 6.07) is 3.34. The van der Waals surface area contributed by atoms with Gasteiger partial charge in [-0.05, 0) is 37.1 Å². The van der Waals surface area contributed by atoms with E-state index in [0.717, 1.165) is 0 Å². The number of hydrogen-bond donors (Lipinski definition) is 3. The van der Waals surface area contributed by atoms with Gasteiger partial charge in [0.15, 0.2) is 0 Å². The smallest absolute Gasteiger partial charge is 0.244 e. The van der Waals surface area contributed by atoms with Gasteiger partial charge in [-0.2, -0.15) is 4.31 Å². The van der Waals surface area contributed by atoms with E-state index in [2.05, 4.69) is 10.7 Å². The zero-order chi connectivity index (χ0) is 14.9. The van der Waals surface area contributed by atoms with Crippen LogP contribution in [0.25, 0.3) is 0 Å². The Morgan fingerprint density at radius 2 is 1.90 bits per heavy atom. The van der Waals surface area contributed by atoms with Crippen molar-refractivity contribution in [3.8, 4) is 0 Å². The molecular weight excluding hydrogens is 280 g/mol. The summed E-state index contributed by atoms with van der Waals surface area (Å²) < 4.78 is 26.5. The molecule has 0 bridgehead atoms. The first kappa shape index (κ1) is 14.8. The minimum atomic E-state index is -3.68. The molecule has 0 radical (unpaired) electrons. The molecule has 1 heterocycles. The SMILES string of the molecule is Cc1cc(NN)cc(C)c1S(=O)(=O)N1CCNC(=O)C1. The highest BCUT2D eigenvalue weighted by Crippen LogP contribution is 2.27. The maximum atomic E-state index is 12.7. The standard InChI is InChI=1S/C12H18N4O3S/c1-8-5-10(15-13)6-9(2)12(8)20(18,19)16-4-3-14-11(17)7-16/h5-6,15H,3-4,7,13H2,1-2H3,(H,14,17). The third kappa shape index (κ3) is 2.62. The number of carbonyl (C=O) groups is 1. The average Bonchev–Trinajstić information content (AvgIpc) is 2.37. The summed E-state index contributed by atoms with van der Waals surface area (Å²) in [6.45, 7) is 3.90. The maximum Gasteiger partial charge on any atom is 0.244 e. The molecule has 1 saturated heterocycles. The Hall–Kier alpha value is -1.64. The molecule has 0 aromatic heterocycles. The number of nitrogens with zero attached hydrogens (tertiary/aromatic N) is 1. The second kappa shape index (κ2) is 5.39. The molecule has 1 amide bonds. The van der Waals surface area contributed by atoms with E-state index in [1.165, 1.54) is 4.31 Å². The van der Waals surface area contributed by atoms with Crippen molar-refractivity contribution in [3.63, 3.8) is 0 Å². The molecule has 20 heavy (non-hydrogen) atoms. The molecule has 110 valence electrons. The minimum Gasteiger partial charge on any atom is -0.354 e. The lowest BCUT2D eigenvalue weighted by Crippen LogP contribution is -2.50. The lowest BCUT2D eigenvalue weighted by molar-refractivity contribution is -0.122. The van der Waals surface area contributed by atoms with Gasteiger partial charge in [0, 0.05) is 18.8 Å². The number of rotatable bonds is 3. The van der Waals surface area contributed by atoms with Crippen LogP contribution in [0.1, 0.15) is 11.1 Å². The molecule has 0 saturated carbocycles. The first-order valence-corrected chi connectivity index (χ1v) is 7.65. The summed E-state index contributed by atoms with van der Waals surface area (Å²) in [5, 5.41) is 2.61. The number of hydrogen-bond acceptors (Lipinski definition) is 5. The molecule has 1 aromatic carbocycles. The summed E-state index contributed by atoms with van der Waals surface area (Å²) in [5.74, 6) is 5.06. The number of nitrogens with two attached hydrogens (primary N) is 1. The van der Waals surface area contributed by atoms with E-state index in [-0.39, 0.29) is 23.9 Å². The molecule has 0 aliphatic carbocycles. The van der Waals surface area contributed by atoms with E-state index >= 15 is 0 Å². The van der Waals surface area contributed by atoms with E-state index in [1.54, 1.807) is 26.0 Å². The monoisotopic (exact) mass is 298 g/mol. The largest absolute Gasteiger partial charge is 0.354 e. The maximum absolute atomic E-state index is 12.7. The highest BCUT2D eigenvalue weighted by atomic mass is 32.2. The van der Waals surface area contributed by atoms with Gasteiger partial charge >= 0.3 is 0 Å². The van der Waals surface area contributed by atoms with Crippen molar-refractivity contribution >= 4 is 21.6 Å². The lowest BCUT2D eigenvalue weighted by Gasteiger charge is -2.27. The molecular formula is C12H18N4O3S. The van der Waals surface area contributed by atoms with Gasteiger partial charge in [0.25, 0.3) is 0 Å². The molecule has 7 nitrogen and oxygen atoms in total. The van der Waals surface area contributed by atoms with Crippen LogP contribution in [0, 0.1) is 13.8 Å². The van der Waals surface area contributed by atoms with Gasteiger partial charge in [-0.3, -0.25) is 10.6 Å². The molecule has 1 aliphatic heterocycles. The van der Waals surface area contributed by atoms with Gasteiger partial charge in [-0.1, -0.05) is 0 Å². The Balaban J connectivity index is 2.46. The molecule has 4 N–H and O–H groups in total. The Bertz CT molecular complexity index is 619. The molecule has 0 unspecified atom stereocenters. The van der Waals surface area contributed by atoms with E-state index in [0.29, 0.717) is 23.4 Å². The highest BCUT2D eigenvalue weighted by molar-refractivity contribution is 7.89. The lowest BCUT2D eigenvalue weighted by atomic mass is 10.1. The fraction of sp³-hybridized carbons (Fsp3) is 0.417. The Labute approximate surface area is 118 Å². The molecule has 1 aliphatic rings. The highest BCUT2D eigenvalue weighted by Gasteiger charge is 2.31. The predicted molar refractivity (Wildman–Crippen MR) is 75.5 cm³/mol. The summed E-state index contributed by atoms with van der Waals surface area (Å²) in [7, 11) is -3.68. The van der Waals surface area contributed by atoms with Crippen molar-refractivity contribution in [3.05, 3.63) is 23.3 Å². The first-order chi connectivity index (χ1) is 9.36. The molecule has 8 heteroatoms. The van der Waals surface area contributed by atoms with E-state index in [9.17, 15) is 13.2 Å². The number of amides is 1. The van der Waals surface area contributed by atoms with Gasteiger partial charge in [0.2, 0.25) is 15.9 Å². The van der Waals surface area contributed by atoms with Crippen molar-refractivity contribution in [2.24, 2.45) is 5.84 Å². The average molecular weight is 298 g/mol. The number of carbonyl (C=O) groups excluding carboxylic acids is 1. The van der Waals surface area contributed by atoms with Crippen LogP contribution in [0.15, 0.2) is 17.0 Å². The van der Waals surface area contributed by atoms with Crippen molar-refractivity contribution in [2.75, 3.05) is 25.1 Å². The number of nitrogen functional groups attached to an aromatic ring is 1. The number of benzene rings is 1. The predicted octanol–water partition coefficient (Wildman–Crippen LogP) is -0.290. The number of sulfonamides is 1. The molecule has 1 aromatic rings.